The molecule has 3 heteroatoms. The lowest BCUT2D eigenvalue weighted by Crippen LogP contribution is -2.44. The van der Waals surface area contributed by atoms with Gasteiger partial charge in [0.2, 0.25) is 0 Å². The molecule has 0 heterocycles. The predicted octanol–water partition coefficient (Wildman–Crippen LogP) is 2.47. The second kappa shape index (κ2) is 6.68. The number of hydrogen-bond donors (Lipinski definition) is 1. The first-order valence-electron chi connectivity index (χ1n) is 5.56. The quantitative estimate of drug-likeness (QED) is 0.726. The van der Waals surface area contributed by atoms with Crippen molar-refractivity contribution in [1.82, 2.24) is 10.2 Å². The molecular weight excluding hydrogens is 176 g/mol. The number of nitrogens with zero attached hydrogens (tertiary/aromatic N) is 1. The minimum absolute atomic E-state index is 0.0585. The van der Waals surface area contributed by atoms with Crippen LogP contribution in [0.3, 0.4) is 0 Å². The second-order valence-electron chi connectivity index (χ2n) is 4.15. The van der Waals surface area contributed by atoms with E-state index in [2.05, 4.69) is 26.1 Å². The Morgan fingerprint density at radius 1 is 1.21 bits per heavy atom. The summed E-state index contributed by atoms with van der Waals surface area (Å²) < 4.78 is 0. The second-order valence-corrected chi connectivity index (χ2v) is 4.15. The maximum Gasteiger partial charge on any atom is 0.317 e. The largest absolute Gasteiger partial charge is 0.336 e. The van der Waals surface area contributed by atoms with E-state index < -0.39 is 0 Å². The molecule has 1 N–H and O–H groups in total. The molecular formula is C11H24N2O. The first-order valence-corrected chi connectivity index (χ1v) is 5.56. The van der Waals surface area contributed by atoms with Crippen LogP contribution in [-0.2, 0) is 0 Å². The zero-order valence-electron chi connectivity index (χ0n) is 10.1. The Bertz CT molecular complexity index is 165. The average molecular weight is 200 g/mol. The van der Waals surface area contributed by atoms with Crippen molar-refractivity contribution in [3.63, 3.8) is 0 Å². The SMILES string of the molecule is CCN(CC)C(=O)NC(C)CC(C)C. The number of rotatable bonds is 5. The summed E-state index contributed by atoms with van der Waals surface area (Å²) in [7, 11) is 0. The molecule has 0 aromatic carbocycles. The summed E-state index contributed by atoms with van der Waals surface area (Å²) in [6.45, 7) is 11.9. The molecule has 84 valence electrons. The number of hydrogen-bond acceptors (Lipinski definition) is 1. The van der Waals surface area contributed by atoms with Crippen molar-refractivity contribution in [2.24, 2.45) is 5.92 Å². The normalized spacial score (nSPS) is 12.7. The maximum atomic E-state index is 11.6. The van der Waals surface area contributed by atoms with Gasteiger partial charge in [-0.2, -0.15) is 0 Å². The number of nitrogens with one attached hydrogen (secondary N) is 1. The molecule has 14 heavy (non-hydrogen) atoms. The fourth-order valence-electron chi connectivity index (χ4n) is 1.58. The fraction of sp³-hybridized carbons (Fsp3) is 0.909. The molecule has 0 bridgehead atoms. The van der Waals surface area contributed by atoms with E-state index in [1.807, 2.05) is 13.8 Å². The number of amides is 2. The maximum absolute atomic E-state index is 11.6. The molecule has 0 aliphatic rings. The van der Waals surface area contributed by atoms with Gasteiger partial charge in [0.05, 0.1) is 0 Å². The van der Waals surface area contributed by atoms with Gasteiger partial charge in [0, 0.05) is 19.1 Å². The van der Waals surface area contributed by atoms with Crippen molar-refractivity contribution in [3.8, 4) is 0 Å². The molecule has 1 atom stereocenters. The van der Waals surface area contributed by atoms with E-state index in [0.717, 1.165) is 19.5 Å². The first kappa shape index (κ1) is 13.3. The number of urea groups is 1. The molecule has 0 saturated carbocycles. The van der Waals surface area contributed by atoms with Gasteiger partial charge in [-0.15, -0.1) is 0 Å². The lowest BCUT2D eigenvalue weighted by Gasteiger charge is -2.23. The third-order valence-electron chi connectivity index (χ3n) is 2.25. The number of carbonyl (C=O) groups is 1. The minimum Gasteiger partial charge on any atom is -0.336 e. The topological polar surface area (TPSA) is 32.3 Å². The van der Waals surface area contributed by atoms with Crippen molar-refractivity contribution in [3.05, 3.63) is 0 Å². The molecule has 2 amide bonds. The summed E-state index contributed by atoms with van der Waals surface area (Å²) >= 11 is 0. The van der Waals surface area contributed by atoms with Crippen molar-refractivity contribution in [1.29, 1.82) is 0 Å². The van der Waals surface area contributed by atoms with Gasteiger partial charge in [-0.3, -0.25) is 0 Å². The minimum atomic E-state index is 0.0585. The zero-order valence-corrected chi connectivity index (χ0v) is 10.1. The smallest absolute Gasteiger partial charge is 0.317 e. The van der Waals surface area contributed by atoms with Crippen LogP contribution in [0.1, 0.15) is 41.0 Å². The van der Waals surface area contributed by atoms with Gasteiger partial charge in [-0.25, -0.2) is 4.79 Å². The summed E-state index contributed by atoms with van der Waals surface area (Å²) in [5.74, 6) is 0.627. The molecule has 0 fully saturated rings. The van der Waals surface area contributed by atoms with E-state index >= 15 is 0 Å². The lowest BCUT2D eigenvalue weighted by atomic mass is 10.1. The highest BCUT2D eigenvalue weighted by molar-refractivity contribution is 5.74. The molecule has 0 rings (SSSR count). The van der Waals surface area contributed by atoms with Crippen LogP contribution in [0.2, 0.25) is 0 Å². The van der Waals surface area contributed by atoms with Gasteiger partial charge in [0.1, 0.15) is 0 Å². The van der Waals surface area contributed by atoms with Crippen molar-refractivity contribution in [2.45, 2.75) is 47.1 Å². The van der Waals surface area contributed by atoms with Crippen LogP contribution in [0, 0.1) is 5.92 Å². The van der Waals surface area contributed by atoms with Gasteiger partial charge in [0.15, 0.2) is 0 Å². The van der Waals surface area contributed by atoms with Crippen LogP contribution >= 0.6 is 0 Å². The van der Waals surface area contributed by atoms with Crippen molar-refractivity contribution in [2.75, 3.05) is 13.1 Å². The van der Waals surface area contributed by atoms with Crippen LogP contribution in [-0.4, -0.2) is 30.1 Å². The van der Waals surface area contributed by atoms with Gasteiger partial charge in [0.25, 0.3) is 0 Å². The molecule has 1 unspecified atom stereocenters. The Labute approximate surface area is 87.9 Å². The van der Waals surface area contributed by atoms with Crippen LogP contribution in [0.25, 0.3) is 0 Å². The van der Waals surface area contributed by atoms with Crippen LogP contribution in [0.5, 0.6) is 0 Å². The van der Waals surface area contributed by atoms with Crippen molar-refractivity contribution < 1.29 is 4.79 Å². The lowest BCUT2D eigenvalue weighted by molar-refractivity contribution is 0.198. The fourth-order valence-corrected chi connectivity index (χ4v) is 1.58. The summed E-state index contributed by atoms with van der Waals surface area (Å²) in [5, 5.41) is 3.00. The first-order chi connectivity index (χ1) is 6.51. The molecule has 0 aliphatic heterocycles. The Hall–Kier alpha value is -0.730. The monoisotopic (exact) mass is 200 g/mol. The third kappa shape index (κ3) is 5.10. The Morgan fingerprint density at radius 2 is 1.71 bits per heavy atom. The molecule has 0 radical (unpaired) electrons. The van der Waals surface area contributed by atoms with Gasteiger partial charge >= 0.3 is 6.03 Å². The number of carbonyl (C=O) groups excluding carboxylic acids is 1. The van der Waals surface area contributed by atoms with Crippen molar-refractivity contribution >= 4 is 6.03 Å². The summed E-state index contributed by atoms with van der Waals surface area (Å²) in [6, 6.07) is 0.325. The molecule has 0 saturated heterocycles. The van der Waals surface area contributed by atoms with E-state index in [9.17, 15) is 4.79 Å². The van der Waals surface area contributed by atoms with Crippen LogP contribution < -0.4 is 5.32 Å². The Balaban J connectivity index is 3.91. The summed E-state index contributed by atoms with van der Waals surface area (Å²) in [4.78, 5) is 13.4. The summed E-state index contributed by atoms with van der Waals surface area (Å²) in [6.07, 6.45) is 1.03. The molecule has 0 spiro atoms. The highest BCUT2D eigenvalue weighted by Crippen LogP contribution is 2.04. The third-order valence-corrected chi connectivity index (χ3v) is 2.25. The molecule has 0 aromatic rings. The highest BCUT2D eigenvalue weighted by atomic mass is 16.2. The van der Waals surface area contributed by atoms with Crippen LogP contribution in [0.15, 0.2) is 0 Å². The Morgan fingerprint density at radius 3 is 2.07 bits per heavy atom. The van der Waals surface area contributed by atoms with Gasteiger partial charge in [-0.05, 0) is 33.1 Å². The average Bonchev–Trinajstić information content (AvgIpc) is 2.04. The van der Waals surface area contributed by atoms with E-state index in [1.165, 1.54) is 0 Å². The van der Waals surface area contributed by atoms with Gasteiger partial charge < -0.3 is 10.2 Å². The molecule has 0 aliphatic carbocycles. The van der Waals surface area contributed by atoms with Gasteiger partial charge in [-0.1, -0.05) is 13.8 Å². The van der Waals surface area contributed by atoms with E-state index in [4.69, 9.17) is 0 Å². The Kier molecular flexibility index (Phi) is 6.34. The van der Waals surface area contributed by atoms with E-state index in [1.54, 1.807) is 4.90 Å². The zero-order chi connectivity index (χ0) is 11.1. The highest BCUT2D eigenvalue weighted by Gasteiger charge is 2.12. The summed E-state index contributed by atoms with van der Waals surface area (Å²) in [5.41, 5.74) is 0. The molecule has 0 aromatic heterocycles. The molecule has 3 nitrogen and oxygen atoms in total. The van der Waals surface area contributed by atoms with Crippen LogP contribution in [0.4, 0.5) is 4.79 Å². The van der Waals surface area contributed by atoms with E-state index in [-0.39, 0.29) is 12.1 Å². The van der Waals surface area contributed by atoms with E-state index in [0.29, 0.717) is 5.92 Å². The predicted molar refractivity (Wildman–Crippen MR) is 60.4 cm³/mol. The standard InChI is InChI=1S/C11H24N2O/c1-6-13(7-2)11(14)12-10(5)8-9(3)4/h9-10H,6-8H2,1-5H3,(H,12,14).